The van der Waals surface area contributed by atoms with Gasteiger partial charge in [0.25, 0.3) is 0 Å². The molecule has 0 aliphatic rings. The Labute approximate surface area is 112 Å². The molecular formula is C10H13BrF3NOS. The lowest BCUT2D eigenvalue weighted by Gasteiger charge is -2.08. The molecular weight excluding hydrogens is 319 g/mol. The van der Waals surface area contributed by atoms with E-state index in [4.69, 9.17) is 5.11 Å². The van der Waals surface area contributed by atoms with E-state index in [-0.39, 0.29) is 11.1 Å². The van der Waals surface area contributed by atoms with Crippen molar-refractivity contribution in [2.24, 2.45) is 0 Å². The average Bonchev–Trinajstić information content (AvgIpc) is 2.22. The van der Waals surface area contributed by atoms with Crippen LogP contribution in [0.1, 0.15) is 5.56 Å². The van der Waals surface area contributed by atoms with Crippen LogP contribution in [0, 0.1) is 0 Å². The summed E-state index contributed by atoms with van der Waals surface area (Å²) in [6, 6.07) is 3.79. The van der Waals surface area contributed by atoms with E-state index in [1.807, 2.05) is 0 Å². The van der Waals surface area contributed by atoms with Crippen molar-refractivity contribution in [2.75, 3.05) is 20.2 Å². The summed E-state index contributed by atoms with van der Waals surface area (Å²) in [5.41, 5.74) is -0.699. The van der Waals surface area contributed by atoms with Gasteiger partial charge in [0.05, 0.1) is 12.2 Å². The number of nitrogens with one attached hydrogen (secondary N) is 1. The van der Waals surface area contributed by atoms with Crippen LogP contribution in [-0.4, -0.2) is 25.3 Å². The van der Waals surface area contributed by atoms with Gasteiger partial charge in [0.15, 0.2) is 0 Å². The van der Waals surface area contributed by atoms with Crippen LogP contribution in [0.15, 0.2) is 27.6 Å². The molecule has 0 saturated carbocycles. The number of likely N-dealkylation sites (N-methyl/N-ethyl adjacent to an activating group) is 1. The molecule has 0 radical (unpaired) electrons. The van der Waals surface area contributed by atoms with Crippen molar-refractivity contribution < 1.29 is 18.3 Å². The first-order chi connectivity index (χ1) is 7.82. The molecule has 98 valence electrons. The fraction of sp³-hybridized carbons (Fsp3) is 0.400. The summed E-state index contributed by atoms with van der Waals surface area (Å²) in [5.74, 6) is 0. The van der Waals surface area contributed by atoms with Gasteiger partial charge in [-0.3, -0.25) is 0 Å². The van der Waals surface area contributed by atoms with E-state index >= 15 is 0 Å². The minimum atomic E-state index is -4.32. The third-order valence-electron chi connectivity index (χ3n) is 1.62. The standard InChI is InChI=1S/C7H4BrF3S.C3H9NO/c8-6-2-1-4(12)3-5(6)7(9,10)11;1-4-2-3-5/h1-3,12H;4-5H,2-3H2,1H3. The quantitative estimate of drug-likeness (QED) is 0.728. The van der Waals surface area contributed by atoms with Crippen molar-refractivity contribution in [2.45, 2.75) is 11.1 Å². The highest BCUT2D eigenvalue weighted by Gasteiger charge is 2.32. The molecule has 0 bridgehead atoms. The molecule has 0 aliphatic carbocycles. The Morgan fingerprint density at radius 3 is 2.29 bits per heavy atom. The van der Waals surface area contributed by atoms with Crippen LogP contribution >= 0.6 is 28.6 Å². The molecule has 1 aromatic carbocycles. The molecule has 1 aromatic rings. The van der Waals surface area contributed by atoms with Gasteiger partial charge in [0.2, 0.25) is 0 Å². The van der Waals surface area contributed by atoms with Crippen LogP contribution in [0.25, 0.3) is 0 Å². The Kier molecular flexibility index (Phi) is 7.85. The van der Waals surface area contributed by atoms with Crippen LogP contribution < -0.4 is 5.32 Å². The van der Waals surface area contributed by atoms with Crippen LogP contribution in [0.3, 0.4) is 0 Å². The number of alkyl halides is 3. The summed E-state index contributed by atoms with van der Waals surface area (Å²) in [7, 11) is 1.80. The Bertz CT molecular complexity index is 345. The van der Waals surface area contributed by atoms with Crippen molar-refractivity contribution in [3.05, 3.63) is 28.2 Å². The molecule has 0 spiro atoms. The second-order valence-corrected chi connectivity index (χ2v) is 4.36. The lowest BCUT2D eigenvalue weighted by atomic mass is 10.2. The van der Waals surface area contributed by atoms with E-state index in [0.717, 1.165) is 6.07 Å². The number of aliphatic hydroxyl groups is 1. The first-order valence-electron chi connectivity index (χ1n) is 4.64. The smallest absolute Gasteiger partial charge is 0.395 e. The van der Waals surface area contributed by atoms with Crippen molar-refractivity contribution in [1.82, 2.24) is 5.32 Å². The van der Waals surface area contributed by atoms with E-state index in [1.165, 1.54) is 12.1 Å². The number of aliphatic hydroxyl groups excluding tert-OH is 1. The Balaban J connectivity index is 0.000000437. The Morgan fingerprint density at radius 1 is 1.41 bits per heavy atom. The maximum Gasteiger partial charge on any atom is 0.417 e. The highest BCUT2D eigenvalue weighted by atomic mass is 79.9. The molecule has 1 rings (SSSR count). The molecule has 0 aliphatic heterocycles. The zero-order valence-electron chi connectivity index (χ0n) is 9.05. The Morgan fingerprint density at radius 2 is 2.00 bits per heavy atom. The first kappa shape index (κ1) is 16.8. The molecule has 0 atom stereocenters. The number of hydrogen-bond donors (Lipinski definition) is 3. The molecule has 0 amide bonds. The molecule has 17 heavy (non-hydrogen) atoms. The van der Waals surface area contributed by atoms with Crippen molar-refractivity contribution in [3.63, 3.8) is 0 Å². The maximum atomic E-state index is 12.2. The highest BCUT2D eigenvalue weighted by Crippen LogP contribution is 2.35. The van der Waals surface area contributed by atoms with E-state index in [1.54, 1.807) is 7.05 Å². The van der Waals surface area contributed by atoms with Crippen molar-refractivity contribution in [3.8, 4) is 0 Å². The second-order valence-electron chi connectivity index (χ2n) is 2.99. The number of hydrogen-bond acceptors (Lipinski definition) is 3. The second kappa shape index (κ2) is 7.97. The van der Waals surface area contributed by atoms with Crippen molar-refractivity contribution in [1.29, 1.82) is 0 Å². The summed E-state index contributed by atoms with van der Waals surface area (Å²) in [6.07, 6.45) is -4.32. The fourth-order valence-electron chi connectivity index (χ4n) is 0.842. The number of thiol groups is 1. The molecule has 0 saturated heterocycles. The normalized spacial score (nSPS) is 10.8. The number of benzene rings is 1. The summed E-state index contributed by atoms with van der Waals surface area (Å²) < 4.78 is 36.5. The molecule has 0 unspecified atom stereocenters. The summed E-state index contributed by atoms with van der Waals surface area (Å²) in [6.45, 7) is 0.927. The SMILES string of the molecule is CNCCO.FC(F)(F)c1cc(S)ccc1Br. The largest absolute Gasteiger partial charge is 0.417 e. The van der Waals surface area contributed by atoms with Gasteiger partial charge >= 0.3 is 6.18 Å². The summed E-state index contributed by atoms with van der Waals surface area (Å²) >= 11 is 6.62. The minimum absolute atomic E-state index is 0.0350. The molecule has 2 N–H and O–H groups in total. The van der Waals surface area contributed by atoms with Gasteiger partial charge in [-0.1, -0.05) is 15.9 Å². The van der Waals surface area contributed by atoms with Gasteiger partial charge < -0.3 is 10.4 Å². The van der Waals surface area contributed by atoms with Crippen LogP contribution in [0.4, 0.5) is 13.2 Å². The predicted molar refractivity (Wildman–Crippen MR) is 67.4 cm³/mol. The molecule has 2 nitrogen and oxygen atoms in total. The summed E-state index contributed by atoms with van der Waals surface area (Å²) in [5, 5.41) is 10.8. The van der Waals surface area contributed by atoms with Crippen LogP contribution in [0.2, 0.25) is 0 Å². The van der Waals surface area contributed by atoms with E-state index in [2.05, 4.69) is 33.9 Å². The van der Waals surface area contributed by atoms with E-state index < -0.39 is 11.7 Å². The first-order valence-corrected chi connectivity index (χ1v) is 5.88. The topological polar surface area (TPSA) is 32.3 Å². The van der Waals surface area contributed by atoms with Crippen LogP contribution in [0.5, 0.6) is 0 Å². The van der Waals surface area contributed by atoms with Gasteiger partial charge in [0.1, 0.15) is 0 Å². The molecule has 7 heteroatoms. The number of halogens is 4. The lowest BCUT2D eigenvalue weighted by Crippen LogP contribution is -2.10. The van der Waals surface area contributed by atoms with Gasteiger partial charge in [0, 0.05) is 15.9 Å². The zero-order chi connectivity index (χ0) is 13.5. The predicted octanol–water partition coefficient (Wildman–Crippen LogP) is 2.95. The fourth-order valence-corrected chi connectivity index (χ4v) is 1.52. The highest BCUT2D eigenvalue weighted by molar-refractivity contribution is 9.10. The van der Waals surface area contributed by atoms with Crippen LogP contribution in [-0.2, 0) is 6.18 Å². The summed E-state index contributed by atoms with van der Waals surface area (Å²) in [4.78, 5) is 0.297. The third-order valence-corrected chi connectivity index (χ3v) is 2.59. The third kappa shape index (κ3) is 6.92. The lowest BCUT2D eigenvalue weighted by molar-refractivity contribution is -0.138. The molecule has 0 heterocycles. The zero-order valence-corrected chi connectivity index (χ0v) is 11.5. The molecule has 0 fully saturated rings. The molecule has 0 aromatic heterocycles. The average molecular weight is 332 g/mol. The van der Waals surface area contributed by atoms with Gasteiger partial charge in [-0.05, 0) is 25.2 Å². The van der Waals surface area contributed by atoms with Crippen molar-refractivity contribution >= 4 is 28.6 Å². The van der Waals surface area contributed by atoms with E-state index in [9.17, 15) is 13.2 Å². The van der Waals surface area contributed by atoms with Gasteiger partial charge in [-0.25, -0.2) is 0 Å². The maximum absolute atomic E-state index is 12.2. The Hall–Kier alpha value is -0.240. The van der Waals surface area contributed by atoms with E-state index in [0.29, 0.717) is 11.4 Å². The van der Waals surface area contributed by atoms with Gasteiger partial charge in [-0.15, -0.1) is 12.6 Å². The monoisotopic (exact) mass is 331 g/mol. The van der Waals surface area contributed by atoms with Gasteiger partial charge in [-0.2, -0.15) is 13.2 Å². The minimum Gasteiger partial charge on any atom is -0.395 e. The number of rotatable bonds is 2.